The molecule has 2 aromatic rings. The van der Waals surface area contributed by atoms with E-state index in [0.29, 0.717) is 23.8 Å². The van der Waals surface area contributed by atoms with Crippen molar-refractivity contribution in [3.05, 3.63) is 59.7 Å². The number of carbonyl (C=O) groups is 1. The van der Waals surface area contributed by atoms with Crippen molar-refractivity contribution in [2.75, 3.05) is 20.2 Å². The first-order valence-electron chi connectivity index (χ1n) is 10.7. The summed E-state index contributed by atoms with van der Waals surface area (Å²) in [4.78, 5) is 19.0. The third-order valence-electron chi connectivity index (χ3n) is 5.70. The molecule has 2 aliphatic rings. The lowest BCUT2D eigenvalue weighted by Gasteiger charge is -2.26. The van der Waals surface area contributed by atoms with Crippen LogP contribution in [0.2, 0.25) is 0 Å². The molecule has 0 saturated carbocycles. The van der Waals surface area contributed by atoms with Gasteiger partial charge in [0.25, 0.3) is 5.91 Å². The van der Waals surface area contributed by atoms with Crippen LogP contribution in [0.3, 0.4) is 0 Å². The number of amides is 1. The molecule has 1 fully saturated rings. The maximum absolute atomic E-state index is 13.0. The highest BCUT2D eigenvalue weighted by molar-refractivity contribution is 6.19. The van der Waals surface area contributed by atoms with Gasteiger partial charge < -0.3 is 14.8 Å². The first kappa shape index (κ1) is 21.3. The summed E-state index contributed by atoms with van der Waals surface area (Å²) in [5, 5.41) is 9.04. The van der Waals surface area contributed by atoms with Crippen LogP contribution >= 0.6 is 0 Å². The largest absolute Gasteiger partial charge is 0.493 e. The SMILES string of the molecule is COc1ccc(C2=NN(OC3CCNCC3)C(=O)C2(C)C)cc1OCc1ccccc1. The molecule has 0 aromatic heterocycles. The lowest BCUT2D eigenvalue weighted by molar-refractivity contribution is -0.210. The Bertz CT molecular complexity index is 953. The summed E-state index contributed by atoms with van der Waals surface area (Å²) in [7, 11) is 1.61. The second-order valence-electron chi connectivity index (χ2n) is 8.35. The highest BCUT2D eigenvalue weighted by Crippen LogP contribution is 2.36. The lowest BCUT2D eigenvalue weighted by atomic mass is 9.83. The fourth-order valence-corrected chi connectivity index (χ4v) is 3.81. The summed E-state index contributed by atoms with van der Waals surface area (Å²) in [6.45, 7) is 5.92. The molecule has 0 radical (unpaired) electrons. The molecule has 1 saturated heterocycles. The van der Waals surface area contributed by atoms with Gasteiger partial charge in [-0.05, 0) is 63.5 Å². The van der Waals surface area contributed by atoms with Gasteiger partial charge in [0.2, 0.25) is 0 Å². The first-order valence-corrected chi connectivity index (χ1v) is 10.7. The van der Waals surface area contributed by atoms with Crippen LogP contribution in [-0.2, 0) is 16.2 Å². The van der Waals surface area contributed by atoms with Crippen LogP contribution < -0.4 is 14.8 Å². The molecule has 1 N–H and O–H groups in total. The molecule has 4 rings (SSSR count). The van der Waals surface area contributed by atoms with E-state index in [9.17, 15) is 4.79 Å². The average Bonchev–Trinajstić information content (AvgIpc) is 3.02. The number of carbonyl (C=O) groups excluding carboxylic acids is 1. The Morgan fingerprint density at radius 2 is 1.84 bits per heavy atom. The van der Waals surface area contributed by atoms with Crippen LogP contribution in [0.1, 0.15) is 37.8 Å². The minimum absolute atomic E-state index is 0.00951. The first-order chi connectivity index (χ1) is 15.0. The number of nitrogens with one attached hydrogen (secondary N) is 1. The molecule has 2 aromatic carbocycles. The third-order valence-corrected chi connectivity index (χ3v) is 5.70. The number of ether oxygens (including phenoxy) is 2. The van der Waals surface area contributed by atoms with E-state index in [-0.39, 0.29) is 12.0 Å². The van der Waals surface area contributed by atoms with Gasteiger partial charge in [0, 0.05) is 5.56 Å². The van der Waals surface area contributed by atoms with Crippen LogP contribution in [0.25, 0.3) is 0 Å². The quantitative estimate of drug-likeness (QED) is 0.738. The Balaban J connectivity index is 1.57. The predicted molar refractivity (Wildman–Crippen MR) is 118 cm³/mol. The standard InChI is InChI=1S/C24H29N3O4/c1-24(2)22(26-27(23(24)28)31-19-11-13-25-14-12-19)18-9-10-20(29-3)21(15-18)30-16-17-7-5-4-6-8-17/h4-10,15,19,25H,11-14,16H2,1-3H3. The highest BCUT2D eigenvalue weighted by atomic mass is 16.7. The van der Waals surface area contributed by atoms with Gasteiger partial charge in [0.1, 0.15) is 6.61 Å². The normalized spacial score (nSPS) is 18.7. The van der Waals surface area contributed by atoms with E-state index in [0.717, 1.165) is 37.1 Å². The Morgan fingerprint density at radius 3 is 2.55 bits per heavy atom. The van der Waals surface area contributed by atoms with Crippen molar-refractivity contribution in [1.82, 2.24) is 10.5 Å². The van der Waals surface area contributed by atoms with Crippen LogP contribution in [-0.4, -0.2) is 43.1 Å². The second-order valence-corrected chi connectivity index (χ2v) is 8.35. The van der Waals surface area contributed by atoms with Gasteiger partial charge in [-0.1, -0.05) is 30.3 Å². The monoisotopic (exact) mass is 423 g/mol. The minimum Gasteiger partial charge on any atom is -0.493 e. The molecule has 0 bridgehead atoms. The average molecular weight is 424 g/mol. The van der Waals surface area contributed by atoms with Gasteiger partial charge in [-0.2, -0.15) is 0 Å². The van der Waals surface area contributed by atoms with Gasteiger partial charge in [0.15, 0.2) is 11.5 Å². The lowest BCUT2D eigenvalue weighted by Crippen LogP contribution is -2.40. The maximum atomic E-state index is 13.0. The van der Waals surface area contributed by atoms with Crippen molar-refractivity contribution in [2.24, 2.45) is 10.5 Å². The van der Waals surface area contributed by atoms with Gasteiger partial charge in [-0.3, -0.25) is 4.79 Å². The van der Waals surface area contributed by atoms with E-state index in [1.807, 2.05) is 62.4 Å². The van der Waals surface area contributed by atoms with Crippen LogP contribution in [0, 0.1) is 5.41 Å². The fraction of sp³-hybridized carbons (Fsp3) is 0.417. The van der Waals surface area contributed by atoms with Crippen molar-refractivity contribution < 1.29 is 19.1 Å². The van der Waals surface area contributed by atoms with Crippen LogP contribution in [0.15, 0.2) is 53.6 Å². The fourth-order valence-electron chi connectivity index (χ4n) is 3.81. The van der Waals surface area contributed by atoms with Gasteiger partial charge in [0.05, 0.1) is 24.3 Å². The Morgan fingerprint density at radius 1 is 1.10 bits per heavy atom. The molecule has 7 nitrogen and oxygen atoms in total. The van der Waals surface area contributed by atoms with E-state index >= 15 is 0 Å². The molecule has 2 aliphatic heterocycles. The zero-order valence-corrected chi connectivity index (χ0v) is 18.3. The number of methoxy groups -OCH3 is 1. The molecule has 7 heteroatoms. The van der Waals surface area contributed by atoms with Crippen molar-refractivity contribution >= 4 is 11.6 Å². The Hall–Kier alpha value is -2.90. The number of hydrogen-bond donors (Lipinski definition) is 1. The number of hydrogen-bond acceptors (Lipinski definition) is 6. The predicted octanol–water partition coefficient (Wildman–Crippen LogP) is 3.53. The number of hydrazone groups is 1. The molecule has 164 valence electrons. The number of rotatable bonds is 7. The van der Waals surface area contributed by atoms with E-state index in [4.69, 9.17) is 14.3 Å². The smallest absolute Gasteiger partial charge is 0.280 e. The van der Waals surface area contributed by atoms with Crippen molar-refractivity contribution in [3.63, 3.8) is 0 Å². The highest BCUT2D eigenvalue weighted by Gasteiger charge is 2.45. The summed E-state index contributed by atoms with van der Waals surface area (Å²) in [5.41, 5.74) is 1.71. The van der Waals surface area contributed by atoms with Crippen LogP contribution in [0.5, 0.6) is 11.5 Å². The van der Waals surface area contributed by atoms with Gasteiger partial charge in [-0.25, -0.2) is 4.84 Å². The van der Waals surface area contributed by atoms with E-state index in [1.165, 1.54) is 5.17 Å². The number of hydroxylamine groups is 1. The zero-order valence-electron chi connectivity index (χ0n) is 18.3. The summed E-state index contributed by atoms with van der Waals surface area (Å²) in [5.74, 6) is 1.07. The summed E-state index contributed by atoms with van der Waals surface area (Å²) >= 11 is 0. The molecular formula is C24H29N3O4. The molecule has 0 atom stereocenters. The van der Waals surface area contributed by atoms with Gasteiger partial charge >= 0.3 is 0 Å². The zero-order chi connectivity index (χ0) is 21.8. The third kappa shape index (κ3) is 4.57. The number of nitrogens with zero attached hydrogens (tertiary/aromatic N) is 2. The molecule has 0 unspecified atom stereocenters. The molecular weight excluding hydrogens is 394 g/mol. The maximum Gasteiger partial charge on any atom is 0.280 e. The minimum atomic E-state index is -0.807. The molecule has 31 heavy (non-hydrogen) atoms. The van der Waals surface area contributed by atoms with E-state index in [1.54, 1.807) is 7.11 Å². The summed E-state index contributed by atoms with van der Waals surface area (Å²) in [6.07, 6.45) is 1.70. The van der Waals surface area contributed by atoms with Crippen LogP contribution in [0.4, 0.5) is 0 Å². The van der Waals surface area contributed by atoms with Crippen molar-refractivity contribution in [3.8, 4) is 11.5 Å². The van der Waals surface area contributed by atoms with E-state index in [2.05, 4.69) is 10.4 Å². The molecule has 1 amide bonds. The topological polar surface area (TPSA) is 72.4 Å². The van der Waals surface area contributed by atoms with Crippen molar-refractivity contribution in [1.29, 1.82) is 0 Å². The second kappa shape index (κ2) is 9.08. The Labute approximate surface area is 182 Å². The molecule has 0 aliphatic carbocycles. The Kier molecular flexibility index (Phi) is 6.25. The number of benzene rings is 2. The van der Waals surface area contributed by atoms with Crippen molar-refractivity contribution in [2.45, 2.75) is 39.4 Å². The molecule has 2 heterocycles. The van der Waals surface area contributed by atoms with E-state index < -0.39 is 5.41 Å². The number of piperidine rings is 1. The van der Waals surface area contributed by atoms with Gasteiger partial charge in [-0.15, -0.1) is 10.3 Å². The summed E-state index contributed by atoms with van der Waals surface area (Å²) < 4.78 is 11.5. The summed E-state index contributed by atoms with van der Waals surface area (Å²) in [6, 6.07) is 15.6. The molecule has 0 spiro atoms.